The van der Waals surface area contributed by atoms with Crippen molar-refractivity contribution >= 4 is 17.5 Å². The molecule has 0 radical (unpaired) electrons. The van der Waals surface area contributed by atoms with E-state index in [2.05, 4.69) is 4.98 Å². The van der Waals surface area contributed by atoms with E-state index >= 15 is 0 Å². The van der Waals surface area contributed by atoms with Crippen LogP contribution in [0.25, 0.3) is 11.1 Å². The lowest BCUT2D eigenvalue weighted by atomic mass is 9.97. The number of nitrogens with zero attached hydrogens (tertiary/aromatic N) is 1. The summed E-state index contributed by atoms with van der Waals surface area (Å²) >= 11 is 5.76. The third-order valence-corrected chi connectivity index (χ3v) is 3.07. The maximum atomic E-state index is 13.9. The third kappa shape index (κ3) is 2.58. The Labute approximate surface area is 115 Å². The number of alkyl halides is 1. The van der Waals surface area contributed by atoms with Gasteiger partial charge in [-0.25, -0.2) is 4.39 Å². The molecule has 0 unspecified atom stereocenters. The number of aryl methyl sites for hydroxylation is 1. The van der Waals surface area contributed by atoms with Crippen molar-refractivity contribution in [1.29, 1.82) is 0 Å². The lowest BCUT2D eigenvalue weighted by molar-refractivity contribution is 0.1000. The molecular weight excluding hydrogens is 267 g/mol. The summed E-state index contributed by atoms with van der Waals surface area (Å²) in [4.78, 5) is 15.7. The number of halogens is 2. The van der Waals surface area contributed by atoms with E-state index in [4.69, 9.17) is 17.3 Å². The van der Waals surface area contributed by atoms with Gasteiger partial charge >= 0.3 is 0 Å². The Bertz CT molecular complexity index is 643. The van der Waals surface area contributed by atoms with Gasteiger partial charge in [0, 0.05) is 11.1 Å². The third-order valence-electron chi connectivity index (χ3n) is 2.80. The molecule has 0 saturated heterocycles. The zero-order chi connectivity index (χ0) is 14.0. The van der Waals surface area contributed by atoms with Crippen LogP contribution in [0.15, 0.2) is 30.3 Å². The van der Waals surface area contributed by atoms with Crippen LogP contribution in [-0.4, -0.2) is 10.9 Å². The number of pyridine rings is 1. The number of nitrogens with two attached hydrogens (primary N) is 1. The zero-order valence-electron chi connectivity index (χ0n) is 10.3. The van der Waals surface area contributed by atoms with E-state index in [1.165, 1.54) is 6.07 Å². The number of aromatic nitrogens is 1. The molecule has 1 aromatic heterocycles. The van der Waals surface area contributed by atoms with E-state index in [-0.39, 0.29) is 11.4 Å². The van der Waals surface area contributed by atoms with Crippen LogP contribution >= 0.6 is 11.6 Å². The van der Waals surface area contributed by atoms with E-state index in [0.717, 1.165) is 0 Å². The fraction of sp³-hybridized carbons (Fsp3) is 0.143. The predicted octanol–water partition coefficient (Wildman–Crippen LogP) is 3.03. The van der Waals surface area contributed by atoms with Crippen LogP contribution in [0.4, 0.5) is 4.39 Å². The van der Waals surface area contributed by atoms with Crippen molar-refractivity contribution in [2.75, 3.05) is 0 Å². The summed E-state index contributed by atoms with van der Waals surface area (Å²) in [7, 11) is 0. The minimum Gasteiger partial charge on any atom is -0.366 e. The minimum atomic E-state index is -0.635. The molecule has 2 aromatic rings. The van der Waals surface area contributed by atoms with Crippen LogP contribution in [0.5, 0.6) is 0 Å². The number of hydrogen-bond acceptors (Lipinski definition) is 2. The second-order valence-electron chi connectivity index (χ2n) is 4.10. The monoisotopic (exact) mass is 278 g/mol. The number of primary amides is 1. The van der Waals surface area contributed by atoms with E-state index in [1.54, 1.807) is 31.2 Å². The first-order valence-corrected chi connectivity index (χ1v) is 6.19. The van der Waals surface area contributed by atoms with Crippen LogP contribution < -0.4 is 5.73 Å². The molecule has 0 saturated carbocycles. The molecule has 0 atom stereocenters. The molecule has 0 aliphatic rings. The largest absolute Gasteiger partial charge is 0.366 e. The average Bonchev–Trinajstić information content (AvgIpc) is 2.37. The number of carbonyl (C=O) groups excluding carboxylic acids is 1. The Kier molecular flexibility index (Phi) is 3.81. The van der Waals surface area contributed by atoms with E-state index in [0.29, 0.717) is 22.5 Å². The molecule has 0 fully saturated rings. The van der Waals surface area contributed by atoms with Crippen molar-refractivity contribution in [2.45, 2.75) is 12.8 Å². The van der Waals surface area contributed by atoms with Gasteiger partial charge < -0.3 is 5.73 Å². The van der Waals surface area contributed by atoms with Crippen LogP contribution in [0.3, 0.4) is 0 Å². The van der Waals surface area contributed by atoms with Crippen molar-refractivity contribution in [2.24, 2.45) is 5.73 Å². The first-order chi connectivity index (χ1) is 9.04. The smallest absolute Gasteiger partial charge is 0.251 e. The molecule has 98 valence electrons. The molecule has 2 N–H and O–H groups in total. The highest BCUT2D eigenvalue weighted by Crippen LogP contribution is 2.28. The molecule has 1 heterocycles. The molecule has 19 heavy (non-hydrogen) atoms. The van der Waals surface area contributed by atoms with Crippen molar-refractivity contribution in [3.63, 3.8) is 0 Å². The number of carbonyl (C=O) groups is 1. The first-order valence-electron chi connectivity index (χ1n) is 5.65. The normalized spacial score (nSPS) is 10.5. The van der Waals surface area contributed by atoms with Gasteiger partial charge in [-0.3, -0.25) is 9.78 Å². The Morgan fingerprint density at radius 3 is 2.63 bits per heavy atom. The summed E-state index contributed by atoms with van der Waals surface area (Å²) in [6.07, 6.45) is 0. The molecule has 3 nitrogen and oxygen atoms in total. The van der Waals surface area contributed by atoms with E-state index < -0.39 is 11.7 Å². The summed E-state index contributed by atoms with van der Waals surface area (Å²) in [5, 5.41) is 0. The Hall–Kier alpha value is -1.94. The lowest BCUT2D eigenvalue weighted by Crippen LogP contribution is -2.16. The van der Waals surface area contributed by atoms with E-state index in [9.17, 15) is 9.18 Å². The van der Waals surface area contributed by atoms with Gasteiger partial charge in [-0.2, -0.15) is 0 Å². The summed E-state index contributed by atoms with van der Waals surface area (Å²) in [5.41, 5.74) is 7.34. The van der Waals surface area contributed by atoms with Crippen molar-refractivity contribution in [3.8, 4) is 11.1 Å². The SMILES string of the molecule is Cc1nc(CCl)cc(-c2ccccc2F)c1C(N)=O. The van der Waals surface area contributed by atoms with Gasteiger partial charge in [0.2, 0.25) is 0 Å². The van der Waals surface area contributed by atoms with Crippen molar-refractivity contribution < 1.29 is 9.18 Å². The number of benzene rings is 1. The molecule has 0 spiro atoms. The topological polar surface area (TPSA) is 56.0 Å². The fourth-order valence-electron chi connectivity index (χ4n) is 2.01. The summed E-state index contributed by atoms with van der Waals surface area (Å²) in [6.45, 7) is 1.65. The summed E-state index contributed by atoms with van der Waals surface area (Å²) in [5.74, 6) is -0.873. The lowest BCUT2D eigenvalue weighted by Gasteiger charge is -2.12. The second kappa shape index (κ2) is 5.36. The van der Waals surface area contributed by atoms with Gasteiger partial charge in [0.15, 0.2) is 0 Å². The molecule has 0 aliphatic carbocycles. The maximum absolute atomic E-state index is 13.9. The van der Waals surface area contributed by atoms with Gasteiger partial charge in [-0.15, -0.1) is 11.6 Å². The first kappa shape index (κ1) is 13.5. The molecule has 5 heteroatoms. The summed E-state index contributed by atoms with van der Waals surface area (Å²) < 4.78 is 13.9. The Morgan fingerprint density at radius 1 is 1.37 bits per heavy atom. The molecule has 1 aromatic carbocycles. The number of rotatable bonds is 3. The van der Waals surface area contributed by atoms with E-state index in [1.807, 2.05) is 0 Å². The Morgan fingerprint density at radius 2 is 2.05 bits per heavy atom. The molecule has 1 amide bonds. The molecule has 0 aliphatic heterocycles. The number of amides is 1. The van der Waals surface area contributed by atoms with Crippen LogP contribution in [-0.2, 0) is 5.88 Å². The van der Waals surface area contributed by atoms with Crippen molar-refractivity contribution in [1.82, 2.24) is 4.98 Å². The quantitative estimate of drug-likeness (QED) is 0.878. The molecule has 0 bridgehead atoms. The van der Waals surface area contributed by atoms with Crippen LogP contribution in [0.2, 0.25) is 0 Å². The van der Waals surface area contributed by atoms with Gasteiger partial charge in [0.1, 0.15) is 5.82 Å². The molecule has 2 rings (SSSR count). The Balaban J connectivity index is 2.77. The van der Waals surface area contributed by atoms with Crippen LogP contribution in [0, 0.1) is 12.7 Å². The molecular formula is C14H12ClFN2O. The second-order valence-corrected chi connectivity index (χ2v) is 4.37. The van der Waals surface area contributed by atoms with Crippen LogP contribution in [0.1, 0.15) is 21.7 Å². The highest BCUT2D eigenvalue weighted by molar-refractivity contribution is 6.17. The highest BCUT2D eigenvalue weighted by atomic mass is 35.5. The fourth-order valence-corrected chi connectivity index (χ4v) is 2.15. The van der Waals surface area contributed by atoms with Gasteiger partial charge in [-0.1, -0.05) is 18.2 Å². The predicted molar refractivity (Wildman–Crippen MR) is 72.4 cm³/mol. The van der Waals surface area contributed by atoms with Gasteiger partial charge in [-0.05, 0) is 19.1 Å². The summed E-state index contributed by atoms with van der Waals surface area (Å²) in [6, 6.07) is 7.79. The average molecular weight is 279 g/mol. The maximum Gasteiger partial charge on any atom is 0.251 e. The number of hydrogen-bond donors (Lipinski definition) is 1. The van der Waals surface area contributed by atoms with Gasteiger partial charge in [0.05, 0.1) is 22.8 Å². The van der Waals surface area contributed by atoms with Gasteiger partial charge in [0.25, 0.3) is 5.91 Å². The minimum absolute atomic E-state index is 0.182. The standard InChI is InChI=1S/C14H12ClFN2O/c1-8-13(14(17)19)11(6-9(7-15)18-8)10-4-2-3-5-12(10)16/h2-6H,7H2,1H3,(H2,17,19). The zero-order valence-corrected chi connectivity index (χ0v) is 11.0. The highest BCUT2D eigenvalue weighted by Gasteiger charge is 2.17. The van der Waals surface area contributed by atoms with Crippen molar-refractivity contribution in [3.05, 3.63) is 53.1 Å².